The van der Waals surface area contributed by atoms with Gasteiger partial charge in [0.1, 0.15) is 0 Å². The SMILES string of the molecule is O=C1OC(c2ccc([N+](=O)[O-])cc2Cl)=NC1=Cc1cc2c(cc1Br)OCO2. The van der Waals surface area contributed by atoms with Gasteiger partial charge in [0, 0.05) is 16.6 Å². The van der Waals surface area contributed by atoms with E-state index in [1.807, 2.05) is 0 Å². The number of hydrogen-bond acceptors (Lipinski definition) is 7. The third-order valence-corrected chi connectivity index (χ3v) is 4.80. The molecule has 0 saturated heterocycles. The second-order valence-corrected chi connectivity index (χ2v) is 6.75. The molecule has 0 atom stereocenters. The van der Waals surface area contributed by atoms with Crippen molar-refractivity contribution in [3.8, 4) is 11.5 Å². The van der Waals surface area contributed by atoms with Crippen molar-refractivity contribution < 1.29 is 23.9 Å². The quantitative estimate of drug-likeness (QED) is 0.302. The first-order chi connectivity index (χ1) is 12.9. The number of cyclic esters (lactones) is 1. The minimum atomic E-state index is -0.663. The monoisotopic (exact) mass is 450 g/mol. The number of hydrogen-bond donors (Lipinski definition) is 0. The van der Waals surface area contributed by atoms with Gasteiger partial charge in [0.25, 0.3) is 5.69 Å². The van der Waals surface area contributed by atoms with E-state index in [0.29, 0.717) is 21.5 Å². The van der Waals surface area contributed by atoms with Gasteiger partial charge in [-0.2, -0.15) is 0 Å². The van der Waals surface area contributed by atoms with Crippen molar-refractivity contribution >= 4 is 51.2 Å². The Bertz CT molecular complexity index is 1070. The van der Waals surface area contributed by atoms with E-state index >= 15 is 0 Å². The molecule has 0 spiro atoms. The molecule has 0 saturated carbocycles. The van der Waals surface area contributed by atoms with Gasteiger partial charge < -0.3 is 14.2 Å². The van der Waals surface area contributed by atoms with E-state index in [1.54, 1.807) is 12.1 Å². The number of fused-ring (bicyclic) bond motifs is 1. The number of rotatable bonds is 3. The van der Waals surface area contributed by atoms with Gasteiger partial charge >= 0.3 is 5.97 Å². The van der Waals surface area contributed by atoms with Crippen LogP contribution in [-0.4, -0.2) is 23.6 Å². The van der Waals surface area contributed by atoms with E-state index < -0.39 is 10.9 Å². The Kier molecular flexibility index (Phi) is 4.33. The zero-order valence-corrected chi connectivity index (χ0v) is 15.6. The number of benzene rings is 2. The molecular formula is C17H8BrClN2O6. The Balaban J connectivity index is 1.70. The molecule has 0 radical (unpaired) electrons. The highest BCUT2D eigenvalue weighted by Gasteiger charge is 2.27. The van der Waals surface area contributed by atoms with Crippen LogP contribution >= 0.6 is 27.5 Å². The minimum Gasteiger partial charge on any atom is -0.454 e. The number of non-ortho nitro benzene ring substituents is 1. The van der Waals surface area contributed by atoms with Gasteiger partial charge in [0.15, 0.2) is 17.2 Å². The highest BCUT2D eigenvalue weighted by Crippen LogP contribution is 2.38. The maximum Gasteiger partial charge on any atom is 0.363 e. The number of nitrogens with zero attached hydrogens (tertiary/aromatic N) is 2. The summed E-state index contributed by atoms with van der Waals surface area (Å²) in [6, 6.07) is 7.25. The largest absolute Gasteiger partial charge is 0.454 e. The first-order valence-electron chi connectivity index (χ1n) is 7.48. The zero-order chi connectivity index (χ0) is 19.1. The van der Waals surface area contributed by atoms with Crippen LogP contribution in [-0.2, 0) is 9.53 Å². The molecule has 2 heterocycles. The van der Waals surface area contributed by atoms with Crippen LogP contribution in [0.4, 0.5) is 5.69 Å². The summed E-state index contributed by atoms with van der Waals surface area (Å²) in [5.74, 6) is 0.464. The average Bonchev–Trinajstić information content (AvgIpc) is 3.21. The minimum absolute atomic E-state index is 0.0250. The van der Waals surface area contributed by atoms with E-state index in [1.165, 1.54) is 24.3 Å². The second-order valence-electron chi connectivity index (χ2n) is 5.48. The molecule has 2 aliphatic rings. The smallest absolute Gasteiger partial charge is 0.363 e. The van der Waals surface area contributed by atoms with Crippen molar-refractivity contribution in [2.24, 2.45) is 4.99 Å². The number of esters is 1. The molecular weight excluding hydrogens is 444 g/mol. The number of carbonyl (C=O) groups is 1. The predicted molar refractivity (Wildman–Crippen MR) is 99.0 cm³/mol. The van der Waals surface area contributed by atoms with Crippen LogP contribution in [0.1, 0.15) is 11.1 Å². The van der Waals surface area contributed by atoms with Crippen LogP contribution < -0.4 is 9.47 Å². The van der Waals surface area contributed by atoms with Crippen molar-refractivity contribution in [1.29, 1.82) is 0 Å². The summed E-state index contributed by atoms with van der Waals surface area (Å²) in [5.41, 5.74) is 0.808. The summed E-state index contributed by atoms with van der Waals surface area (Å²) < 4.78 is 16.5. The molecule has 136 valence electrons. The molecule has 10 heteroatoms. The van der Waals surface area contributed by atoms with Gasteiger partial charge in [0.05, 0.1) is 15.5 Å². The zero-order valence-electron chi connectivity index (χ0n) is 13.3. The third kappa shape index (κ3) is 3.26. The number of ether oxygens (including phenoxy) is 3. The molecule has 0 N–H and O–H groups in total. The average molecular weight is 452 g/mol. The van der Waals surface area contributed by atoms with E-state index in [0.717, 1.165) is 0 Å². The predicted octanol–water partition coefficient (Wildman–Crippen LogP) is 4.08. The van der Waals surface area contributed by atoms with Gasteiger partial charge in [0.2, 0.25) is 12.7 Å². The molecule has 0 amide bonds. The Hall–Kier alpha value is -2.91. The molecule has 0 aromatic heterocycles. The second kappa shape index (κ2) is 6.67. The van der Waals surface area contributed by atoms with Gasteiger partial charge in [-0.1, -0.05) is 27.5 Å². The molecule has 27 heavy (non-hydrogen) atoms. The molecule has 2 aromatic rings. The molecule has 0 aliphatic carbocycles. The maximum atomic E-state index is 12.2. The fourth-order valence-corrected chi connectivity index (χ4v) is 3.20. The van der Waals surface area contributed by atoms with E-state index in [-0.39, 0.29) is 34.7 Å². The highest BCUT2D eigenvalue weighted by atomic mass is 79.9. The van der Waals surface area contributed by atoms with Crippen LogP contribution in [0.5, 0.6) is 11.5 Å². The highest BCUT2D eigenvalue weighted by molar-refractivity contribution is 9.10. The Morgan fingerprint density at radius 2 is 1.96 bits per heavy atom. The Morgan fingerprint density at radius 3 is 2.67 bits per heavy atom. The van der Waals surface area contributed by atoms with Crippen molar-refractivity contribution in [2.75, 3.05) is 6.79 Å². The first-order valence-corrected chi connectivity index (χ1v) is 8.65. The number of carbonyl (C=O) groups excluding carboxylic acids is 1. The third-order valence-electron chi connectivity index (χ3n) is 3.80. The summed E-state index contributed by atoms with van der Waals surface area (Å²) in [6.07, 6.45) is 1.53. The summed E-state index contributed by atoms with van der Waals surface area (Å²) >= 11 is 9.47. The number of nitro groups is 1. The van der Waals surface area contributed by atoms with Crippen LogP contribution in [0, 0.1) is 10.1 Å². The number of halogens is 2. The van der Waals surface area contributed by atoms with Crippen LogP contribution in [0.2, 0.25) is 5.02 Å². The molecule has 2 aliphatic heterocycles. The standard InChI is InChI=1S/C17H8BrClN2O6/c18-11-6-15-14(25-7-26-15)4-8(11)3-13-17(22)27-16(20-13)10-2-1-9(21(23)24)5-12(10)19/h1-6H,7H2. The lowest BCUT2D eigenvalue weighted by Gasteiger charge is -2.02. The van der Waals surface area contributed by atoms with Crippen LogP contribution in [0.25, 0.3) is 6.08 Å². The fourth-order valence-electron chi connectivity index (χ4n) is 2.51. The van der Waals surface area contributed by atoms with Crippen molar-refractivity contribution in [1.82, 2.24) is 0 Å². The fraction of sp³-hybridized carbons (Fsp3) is 0.0588. The van der Waals surface area contributed by atoms with Gasteiger partial charge in [-0.05, 0) is 29.8 Å². The molecule has 0 bridgehead atoms. The van der Waals surface area contributed by atoms with Gasteiger partial charge in [-0.25, -0.2) is 9.79 Å². The molecule has 0 unspecified atom stereocenters. The summed E-state index contributed by atoms with van der Waals surface area (Å²) in [6.45, 7) is 0.130. The summed E-state index contributed by atoms with van der Waals surface area (Å²) in [4.78, 5) is 26.6. The lowest BCUT2D eigenvalue weighted by Crippen LogP contribution is -2.06. The number of aliphatic imine (C=N–C) groups is 1. The van der Waals surface area contributed by atoms with Crippen molar-refractivity contribution in [3.05, 3.63) is 66.8 Å². The molecule has 2 aromatic carbocycles. The van der Waals surface area contributed by atoms with E-state index in [4.69, 9.17) is 25.8 Å². The Labute approximate surface area is 165 Å². The summed E-state index contributed by atoms with van der Waals surface area (Å²) in [5, 5.41) is 10.9. The van der Waals surface area contributed by atoms with Crippen molar-refractivity contribution in [3.63, 3.8) is 0 Å². The molecule has 4 rings (SSSR count). The normalized spacial score (nSPS) is 16.4. The number of nitro benzene ring substituents is 1. The van der Waals surface area contributed by atoms with Gasteiger partial charge in [-0.15, -0.1) is 0 Å². The lowest BCUT2D eigenvalue weighted by atomic mass is 10.1. The molecule has 8 nitrogen and oxygen atoms in total. The van der Waals surface area contributed by atoms with Crippen LogP contribution in [0.3, 0.4) is 0 Å². The van der Waals surface area contributed by atoms with E-state index in [2.05, 4.69) is 20.9 Å². The first kappa shape index (κ1) is 17.5. The van der Waals surface area contributed by atoms with E-state index in [9.17, 15) is 14.9 Å². The van der Waals surface area contributed by atoms with Gasteiger partial charge in [-0.3, -0.25) is 10.1 Å². The molecule has 0 fully saturated rings. The Morgan fingerprint density at radius 1 is 1.22 bits per heavy atom. The van der Waals surface area contributed by atoms with Crippen LogP contribution in [0.15, 0.2) is 45.5 Å². The lowest BCUT2D eigenvalue weighted by molar-refractivity contribution is -0.384. The maximum absolute atomic E-state index is 12.2. The summed E-state index contributed by atoms with van der Waals surface area (Å²) in [7, 11) is 0. The van der Waals surface area contributed by atoms with Crippen molar-refractivity contribution in [2.45, 2.75) is 0 Å². The topological polar surface area (TPSA) is 100 Å².